The number of hydrogen-bond acceptors (Lipinski definition) is 1. The van der Waals surface area contributed by atoms with Crippen LogP contribution in [0.2, 0.25) is 0 Å². The largest absolute Gasteiger partial charge is 0.347 e. The average Bonchev–Trinajstić information content (AvgIpc) is 3.20. The lowest BCUT2D eigenvalue weighted by Crippen LogP contribution is -2.29. The Morgan fingerprint density at radius 1 is 1.08 bits per heavy atom. The molecule has 0 N–H and O–H groups in total. The highest BCUT2D eigenvalue weighted by atomic mass is 16.2. The maximum absolute atomic E-state index is 12.8. The van der Waals surface area contributed by atoms with E-state index in [1.165, 1.54) is 16.6 Å². The molecule has 24 heavy (non-hydrogen) atoms. The van der Waals surface area contributed by atoms with Crippen molar-refractivity contribution in [2.75, 3.05) is 13.1 Å². The molecule has 3 nitrogen and oxygen atoms in total. The molecule has 0 saturated carbocycles. The van der Waals surface area contributed by atoms with Gasteiger partial charge in [0.05, 0.1) is 0 Å². The number of rotatable bonds is 2. The first-order valence-electron chi connectivity index (χ1n) is 8.54. The molecule has 1 aliphatic heterocycles. The molecule has 3 aromatic rings. The van der Waals surface area contributed by atoms with Crippen LogP contribution in [0.25, 0.3) is 10.9 Å². The van der Waals surface area contributed by atoms with Gasteiger partial charge in [-0.3, -0.25) is 4.79 Å². The van der Waals surface area contributed by atoms with Gasteiger partial charge in [-0.25, -0.2) is 0 Å². The van der Waals surface area contributed by atoms with E-state index in [2.05, 4.69) is 41.9 Å². The van der Waals surface area contributed by atoms with Gasteiger partial charge in [0.25, 0.3) is 5.91 Å². The summed E-state index contributed by atoms with van der Waals surface area (Å²) in [7, 11) is 2.13. The van der Waals surface area contributed by atoms with Crippen LogP contribution >= 0.6 is 0 Å². The molecular weight excluding hydrogens is 296 g/mol. The summed E-state index contributed by atoms with van der Waals surface area (Å²) in [5, 5.41) is 1.28. The molecule has 1 unspecified atom stereocenters. The van der Waals surface area contributed by atoms with E-state index in [1.54, 1.807) is 0 Å². The molecule has 2 aromatic carbocycles. The van der Waals surface area contributed by atoms with Crippen molar-refractivity contribution in [3.8, 4) is 0 Å². The van der Waals surface area contributed by atoms with Crippen LogP contribution in [-0.4, -0.2) is 28.5 Å². The van der Waals surface area contributed by atoms with Crippen LogP contribution in [0.4, 0.5) is 0 Å². The molecule has 1 aliphatic rings. The second-order valence-corrected chi connectivity index (χ2v) is 6.74. The minimum absolute atomic E-state index is 0.161. The molecule has 1 atom stereocenters. The molecule has 0 aliphatic carbocycles. The molecule has 122 valence electrons. The van der Waals surface area contributed by atoms with Crippen molar-refractivity contribution in [3.63, 3.8) is 0 Å². The third-order valence-corrected chi connectivity index (χ3v) is 5.26. The number of amides is 1. The number of fused-ring (bicyclic) bond motifs is 1. The highest BCUT2D eigenvalue weighted by Crippen LogP contribution is 2.32. The molecule has 3 heteroatoms. The second-order valence-electron chi connectivity index (χ2n) is 6.74. The molecule has 1 amide bonds. The van der Waals surface area contributed by atoms with Gasteiger partial charge in [-0.1, -0.05) is 36.4 Å². The Morgan fingerprint density at radius 3 is 2.62 bits per heavy atom. The van der Waals surface area contributed by atoms with Crippen LogP contribution in [0.5, 0.6) is 0 Å². The number of carbonyl (C=O) groups excluding carboxylic acids is 1. The zero-order valence-electron chi connectivity index (χ0n) is 14.2. The summed E-state index contributed by atoms with van der Waals surface area (Å²) in [5.41, 5.74) is 4.47. The number of para-hydroxylation sites is 1. The van der Waals surface area contributed by atoms with E-state index < -0.39 is 0 Å². The number of likely N-dealkylation sites (tertiary alicyclic amines) is 1. The fraction of sp³-hybridized carbons (Fsp3) is 0.286. The Balaban J connectivity index is 1.59. The lowest BCUT2D eigenvalue weighted by atomic mass is 10.0. The van der Waals surface area contributed by atoms with Gasteiger partial charge in [0.1, 0.15) is 0 Å². The average molecular weight is 318 g/mol. The molecule has 1 aromatic heterocycles. The van der Waals surface area contributed by atoms with Gasteiger partial charge in [0.2, 0.25) is 0 Å². The van der Waals surface area contributed by atoms with Crippen molar-refractivity contribution < 1.29 is 4.79 Å². The fourth-order valence-electron chi connectivity index (χ4n) is 3.87. The number of carbonyl (C=O) groups is 1. The topological polar surface area (TPSA) is 25.2 Å². The zero-order valence-corrected chi connectivity index (χ0v) is 14.2. The van der Waals surface area contributed by atoms with Crippen molar-refractivity contribution in [1.29, 1.82) is 0 Å². The minimum Gasteiger partial charge on any atom is -0.347 e. The molecule has 4 rings (SSSR count). The Kier molecular flexibility index (Phi) is 3.64. The lowest BCUT2D eigenvalue weighted by Gasteiger charge is -2.18. The first kappa shape index (κ1) is 15.0. The lowest BCUT2D eigenvalue weighted by molar-refractivity contribution is 0.0790. The van der Waals surface area contributed by atoms with Crippen molar-refractivity contribution >= 4 is 16.8 Å². The highest BCUT2D eigenvalue weighted by Gasteiger charge is 2.30. The van der Waals surface area contributed by atoms with E-state index in [1.807, 2.05) is 36.1 Å². The molecule has 1 saturated heterocycles. The third-order valence-electron chi connectivity index (χ3n) is 5.26. The van der Waals surface area contributed by atoms with Crippen molar-refractivity contribution in [3.05, 3.63) is 71.4 Å². The van der Waals surface area contributed by atoms with Crippen LogP contribution in [0.3, 0.4) is 0 Å². The van der Waals surface area contributed by atoms with Gasteiger partial charge in [-0.05, 0) is 42.5 Å². The Morgan fingerprint density at radius 2 is 1.83 bits per heavy atom. The monoisotopic (exact) mass is 318 g/mol. The Hall–Kier alpha value is -2.55. The second kappa shape index (κ2) is 5.82. The van der Waals surface area contributed by atoms with Gasteiger partial charge in [-0.15, -0.1) is 0 Å². The zero-order chi connectivity index (χ0) is 16.7. The normalized spacial score (nSPS) is 17.6. The summed E-state index contributed by atoms with van der Waals surface area (Å²) in [5.74, 6) is 0.574. The van der Waals surface area contributed by atoms with Gasteiger partial charge >= 0.3 is 0 Å². The Labute approximate surface area is 142 Å². The molecule has 0 spiro atoms. The van der Waals surface area contributed by atoms with Gasteiger partial charge in [-0.2, -0.15) is 0 Å². The molecule has 1 fully saturated rings. The number of nitrogens with zero attached hydrogens (tertiary/aromatic N) is 2. The van der Waals surface area contributed by atoms with Crippen LogP contribution < -0.4 is 0 Å². The van der Waals surface area contributed by atoms with E-state index >= 15 is 0 Å². The number of aromatic nitrogens is 1. The highest BCUT2D eigenvalue weighted by molar-refractivity contribution is 5.95. The summed E-state index contributed by atoms with van der Waals surface area (Å²) < 4.78 is 2.28. The summed E-state index contributed by atoms with van der Waals surface area (Å²) >= 11 is 0. The summed E-state index contributed by atoms with van der Waals surface area (Å²) in [6.45, 7) is 3.64. The first-order chi connectivity index (χ1) is 11.6. The van der Waals surface area contributed by atoms with Crippen molar-refractivity contribution in [1.82, 2.24) is 9.47 Å². The summed E-state index contributed by atoms with van der Waals surface area (Å²) in [6, 6.07) is 18.6. The number of benzene rings is 2. The molecule has 0 bridgehead atoms. The summed E-state index contributed by atoms with van der Waals surface area (Å²) in [4.78, 5) is 14.8. The van der Waals surface area contributed by atoms with E-state index in [4.69, 9.17) is 0 Å². The number of aryl methyl sites for hydroxylation is 2. The summed E-state index contributed by atoms with van der Waals surface area (Å²) in [6.07, 6.45) is 1.03. The Bertz CT molecular complexity index is 909. The first-order valence-corrected chi connectivity index (χ1v) is 8.54. The van der Waals surface area contributed by atoms with Gasteiger partial charge in [0.15, 0.2) is 0 Å². The van der Waals surface area contributed by atoms with Gasteiger partial charge in [0, 0.05) is 42.8 Å². The van der Waals surface area contributed by atoms with Crippen LogP contribution in [0.15, 0.2) is 54.6 Å². The smallest absolute Gasteiger partial charge is 0.254 e. The molecule has 0 radical (unpaired) electrons. The van der Waals surface area contributed by atoms with Crippen molar-refractivity contribution in [2.24, 2.45) is 7.05 Å². The van der Waals surface area contributed by atoms with Crippen LogP contribution in [0, 0.1) is 6.92 Å². The fourth-order valence-corrected chi connectivity index (χ4v) is 3.87. The quantitative estimate of drug-likeness (QED) is 0.698. The third kappa shape index (κ3) is 2.41. The maximum Gasteiger partial charge on any atom is 0.254 e. The van der Waals surface area contributed by atoms with E-state index in [9.17, 15) is 4.79 Å². The number of hydrogen-bond donors (Lipinski definition) is 0. The maximum atomic E-state index is 12.8. The van der Waals surface area contributed by atoms with Crippen LogP contribution in [0.1, 0.15) is 34.0 Å². The van der Waals surface area contributed by atoms with E-state index in [-0.39, 0.29) is 5.91 Å². The van der Waals surface area contributed by atoms with E-state index in [0.717, 1.165) is 30.6 Å². The van der Waals surface area contributed by atoms with Crippen LogP contribution in [-0.2, 0) is 7.05 Å². The van der Waals surface area contributed by atoms with Gasteiger partial charge < -0.3 is 9.47 Å². The minimum atomic E-state index is 0.161. The standard InChI is InChI=1S/C21H22N2O/c1-15-7-3-5-9-18(15)21(24)23-12-11-17(14-23)20-13-16-8-4-6-10-19(16)22(20)2/h3-10,13,17H,11-12,14H2,1-2H3. The van der Waals surface area contributed by atoms with Crippen molar-refractivity contribution in [2.45, 2.75) is 19.3 Å². The molecule has 2 heterocycles. The molecular formula is C21H22N2O. The predicted molar refractivity (Wildman–Crippen MR) is 97.4 cm³/mol. The van der Waals surface area contributed by atoms with E-state index in [0.29, 0.717) is 5.92 Å². The predicted octanol–water partition coefficient (Wildman–Crippen LogP) is 4.12. The SMILES string of the molecule is Cc1ccccc1C(=O)N1CCC(c2cc3ccccc3n2C)C1.